The van der Waals surface area contributed by atoms with E-state index in [-0.39, 0.29) is 5.60 Å². The van der Waals surface area contributed by atoms with Gasteiger partial charge in [0.1, 0.15) is 11.8 Å². The zero-order valence-corrected chi connectivity index (χ0v) is 17.2. The smallest absolute Gasteiger partial charge is 0.229 e. The lowest BCUT2D eigenvalue weighted by Gasteiger charge is -2.33. The molecule has 0 unspecified atom stereocenters. The van der Waals surface area contributed by atoms with Crippen LogP contribution in [0.2, 0.25) is 0 Å². The van der Waals surface area contributed by atoms with E-state index in [9.17, 15) is 5.11 Å². The predicted octanol–water partition coefficient (Wildman–Crippen LogP) is 3.61. The van der Waals surface area contributed by atoms with Crippen LogP contribution in [0, 0.1) is 5.92 Å². The van der Waals surface area contributed by atoms with Crippen molar-refractivity contribution in [3.05, 3.63) is 23.1 Å². The third-order valence-corrected chi connectivity index (χ3v) is 5.08. The van der Waals surface area contributed by atoms with Crippen molar-refractivity contribution in [2.75, 3.05) is 11.9 Å². The molecule has 0 fully saturated rings. The number of hydrogen-bond acceptors (Lipinski definition) is 7. The number of nitrogens with one attached hydrogen (secondary N) is 1. The van der Waals surface area contributed by atoms with Crippen molar-refractivity contribution in [2.45, 2.75) is 65.8 Å². The van der Waals surface area contributed by atoms with E-state index in [1.165, 1.54) is 17.5 Å². The first-order valence-electron chi connectivity index (χ1n) is 9.89. The van der Waals surface area contributed by atoms with Crippen molar-refractivity contribution in [1.82, 2.24) is 15.0 Å². The Bertz CT molecular complexity index is 1020. The lowest BCUT2D eigenvalue weighted by molar-refractivity contribution is -0.0402. The van der Waals surface area contributed by atoms with Crippen LogP contribution in [-0.2, 0) is 24.2 Å². The van der Waals surface area contributed by atoms with Crippen LogP contribution < -0.4 is 5.32 Å². The van der Waals surface area contributed by atoms with Gasteiger partial charge in [-0.1, -0.05) is 13.8 Å². The summed E-state index contributed by atoms with van der Waals surface area (Å²) in [5.74, 6) is 1.06. The molecule has 0 bridgehead atoms. The van der Waals surface area contributed by atoms with Crippen molar-refractivity contribution >= 4 is 28.0 Å². The van der Waals surface area contributed by atoms with E-state index >= 15 is 0 Å². The summed E-state index contributed by atoms with van der Waals surface area (Å²) in [6.45, 7) is 11.3. The first-order chi connectivity index (χ1) is 13.2. The van der Waals surface area contributed by atoms with Crippen LogP contribution in [0.15, 0.2) is 10.7 Å². The molecular formula is C21H28N4O3. The van der Waals surface area contributed by atoms with E-state index in [0.717, 1.165) is 29.4 Å². The number of nitrogens with zero attached hydrogens (tertiary/aromatic N) is 3. The average molecular weight is 384 g/mol. The van der Waals surface area contributed by atoms with Crippen LogP contribution in [0.5, 0.6) is 0 Å². The van der Waals surface area contributed by atoms with Crippen LogP contribution in [-0.4, -0.2) is 38.3 Å². The quantitative estimate of drug-likeness (QED) is 0.694. The Morgan fingerprint density at radius 1 is 1.21 bits per heavy atom. The molecule has 2 N–H and O–H groups in total. The zero-order valence-electron chi connectivity index (χ0n) is 17.2. The second kappa shape index (κ2) is 6.97. The number of rotatable bonds is 5. The molecule has 1 aliphatic heterocycles. The minimum absolute atomic E-state index is 0.250. The van der Waals surface area contributed by atoms with Gasteiger partial charge in [0.2, 0.25) is 5.71 Å². The lowest BCUT2D eigenvalue weighted by Crippen LogP contribution is -2.33. The Labute approximate surface area is 164 Å². The molecule has 4 heterocycles. The highest BCUT2D eigenvalue weighted by molar-refractivity contribution is 6.06. The zero-order chi connectivity index (χ0) is 20.1. The molecule has 4 rings (SSSR count). The van der Waals surface area contributed by atoms with Gasteiger partial charge in [-0.15, -0.1) is 0 Å². The summed E-state index contributed by atoms with van der Waals surface area (Å²) in [6, 6.07) is 0. The summed E-state index contributed by atoms with van der Waals surface area (Å²) >= 11 is 0. The lowest BCUT2D eigenvalue weighted by atomic mass is 9.88. The first kappa shape index (κ1) is 19.1. The van der Waals surface area contributed by atoms with Crippen molar-refractivity contribution in [2.24, 2.45) is 5.92 Å². The molecule has 3 aromatic rings. The molecule has 0 aromatic carbocycles. The Morgan fingerprint density at radius 2 is 2.00 bits per heavy atom. The fourth-order valence-electron chi connectivity index (χ4n) is 3.80. The van der Waals surface area contributed by atoms with Gasteiger partial charge in [0.15, 0.2) is 11.4 Å². The molecule has 3 aromatic heterocycles. The molecule has 0 saturated carbocycles. The van der Waals surface area contributed by atoms with E-state index in [0.29, 0.717) is 36.2 Å². The number of ether oxygens (including phenoxy) is 1. The molecule has 1 aliphatic rings. The van der Waals surface area contributed by atoms with E-state index in [1.807, 2.05) is 0 Å². The molecule has 28 heavy (non-hydrogen) atoms. The van der Waals surface area contributed by atoms with Gasteiger partial charge in [-0.05, 0) is 38.7 Å². The van der Waals surface area contributed by atoms with E-state index in [1.54, 1.807) is 6.92 Å². The largest absolute Gasteiger partial charge is 0.432 e. The Balaban J connectivity index is 1.95. The molecule has 0 saturated heterocycles. The van der Waals surface area contributed by atoms with Crippen molar-refractivity contribution in [3.8, 4) is 0 Å². The molecule has 7 nitrogen and oxygen atoms in total. The molecule has 150 valence electrons. The van der Waals surface area contributed by atoms with Gasteiger partial charge in [0.25, 0.3) is 0 Å². The number of hydrogen-bond donors (Lipinski definition) is 2. The van der Waals surface area contributed by atoms with Crippen LogP contribution in [0.4, 0.5) is 5.82 Å². The molecular weight excluding hydrogens is 356 g/mol. The van der Waals surface area contributed by atoms with Crippen LogP contribution in [0.3, 0.4) is 0 Å². The normalized spacial score (nSPS) is 17.2. The van der Waals surface area contributed by atoms with Crippen molar-refractivity contribution in [3.63, 3.8) is 0 Å². The Hall–Kier alpha value is -2.25. The maximum atomic E-state index is 9.60. The fourth-order valence-corrected chi connectivity index (χ4v) is 3.80. The average Bonchev–Trinajstić information content (AvgIpc) is 2.97. The van der Waals surface area contributed by atoms with E-state index < -0.39 is 6.10 Å². The highest BCUT2D eigenvalue weighted by atomic mass is 16.5. The predicted molar refractivity (Wildman–Crippen MR) is 108 cm³/mol. The SMILES string of the molecule is CC(C)Cc1nc2oc3c(NC[C@@H](C)O)ncnc3c2c2c1COC(C)(C)C2. The number of fused-ring (bicyclic) bond motifs is 5. The molecule has 0 amide bonds. The standard InChI is InChI=1S/C21H28N4O3/c1-11(2)6-15-14-9-27-21(4,5)7-13(14)16-17-18(28-20(16)25-15)19(24-10-23-17)22-8-12(3)26/h10-12,26H,6-9H2,1-5H3,(H,22,23,24)/t12-/m1/s1. The van der Waals surface area contributed by atoms with Crippen molar-refractivity contribution < 1.29 is 14.3 Å². The minimum Gasteiger partial charge on any atom is -0.432 e. The number of aromatic nitrogens is 3. The highest BCUT2D eigenvalue weighted by Crippen LogP contribution is 2.39. The fraction of sp³-hybridized carbons (Fsp3) is 0.571. The summed E-state index contributed by atoms with van der Waals surface area (Å²) in [7, 11) is 0. The van der Waals surface area contributed by atoms with E-state index in [2.05, 4.69) is 43.0 Å². The van der Waals surface area contributed by atoms with Gasteiger partial charge in [-0.25, -0.2) is 15.0 Å². The second-order valence-corrected chi connectivity index (χ2v) is 8.75. The number of aliphatic hydroxyl groups is 1. The Morgan fingerprint density at radius 3 is 2.71 bits per heavy atom. The van der Waals surface area contributed by atoms with E-state index in [4.69, 9.17) is 14.1 Å². The molecule has 7 heteroatoms. The summed E-state index contributed by atoms with van der Waals surface area (Å²) in [5.41, 5.74) is 5.12. The van der Waals surface area contributed by atoms with Crippen LogP contribution in [0.25, 0.3) is 22.2 Å². The third kappa shape index (κ3) is 3.44. The van der Waals surface area contributed by atoms with Crippen LogP contribution in [0.1, 0.15) is 51.4 Å². The summed E-state index contributed by atoms with van der Waals surface area (Å²) < 4.78 is 12.2. The number of anilines is 1. The van der Waals surface area contributed by atoms with Crippen molar-refractivity contribution in [1.29, 1.82) is 0 Å². The maximum absolute atomic E-state index is 9.60. The van der Waals surface area contributed by atoms with Gasteiger partial charge in [-0.3, -0.25) is 0 Å². The monoisotopic (exact) mass is 384 g/mol. The van der Waals surface area contributed by atoms with Crippen LogP contribution >= 0.6 is 0 Å². The summed E-state index contributed by atoms with van der Waals surface area (Å²) in [5, 5.41) is 13.7. The number of pyridine rings is 1. The van der Waals surface area contributed by atoms with Gasteiger partial charge in [0.05, 0.1) is 29.4 Å². The summed E-state index contributed by atoms with van der Waals surface area (Å²) in [6.07, 6.45) is 2.69. The number of aliphatic hydroxyl groups excluding tert-OH is 1. The summed E-state index contributed by atoms with van der Waals surface area (Å²) in [4.78, 5) is 13.7. The topological polar surface area (TPSA) is 93.3 Å². The Kier molecular flexibility index (Phi) is 4.75. The van der Waals surface area contributed by atoms with Gasteiger partial charge in [-0.2, -0.15) is 0 Å². The highest BCUT2D eigenvalue weighted by Gasteiger charge is 2.32. The molecule has 0 radical (unpaired) electrons. The first-order valence-corrected chi connectivity index (χ1v) is 9.89. The maximum Gasteiger partial charge on any atom is 0.229 e. The second-order valence-electron chi connectivity index (χ2n) is 8.75. The minimum atomic E-state index is -0.490. The number of furan rings is 1. The van der Waals surface area contributed by atoms with Gasteiger partial charge in [0, 0.05) is 18.5 Å². The van der Waals surface area contributed by atoms with Gasteiger partial charge >= 0.3 is 0 Å². The third-order valence-electron chi connectivity index (χ3n) is 5.08. The molecule has 0 aliphatic carbocycles. The van der Waals surface area contributed by atoms with Gasteiger partial charge < -0.3 is 19.6 Å². The molecule has 1 atom stereocenters. The molecule has 0 spiro atoms.